The predicted molar refractivity (Wildman–Crippen MR) is 55.4 cm³/mol. The Labute approximate surface area is 89.6 Å². The minimum absolute atomic E-state index is 0.0664. The summed E-state index contributed by atoms with van der Waals surface area (Å²) in [6.45, 7) is 2.68. The molecule has 1 fully saturated rings. The second-order valence-corrected chi connectivity index (χ2v) is 3.65. The van der Waals surface area contributed by atoms with Crippen molar-refractivity contribution in [2.24, 2.45) is 5.92 Å². The second-order valence-electron chi connectivity index (χ2n) is 3.65. The standard InChI is InChI=1S/C10H18N2O3/c1-2-15-9(13)7-12-10(14)11-6-5-8-3-4-8/h8H,2-7H2,1H3,(H2,11,12,14). The van der Waals surface area contributed by atoms with E-state index in [0.29, 0.717) is 13.2 Å². The van der Waals surface area contributed by atoms with E-state index in [1.165, 1.54) is 12.8 Å². The average Bonchev–Trinajstić information content (AvgIpc) is 2.99. The van der Waals surface area contributed by atoms with Crippen molar-refractivity contribution in [3.8, 4) is 0 Å². The van der Waals surface area contributed by atoms with Gasteiger partial charge in [0.1, 0.15) is 6.54 Å². The van der Waals surface area contributed by atoms with Gasteiger partial charge in [-0.05, 0) is 19.3 Å². The lowest BCUT2D eigenvalue weighted by atomic mass is 10.3. The molecule has 5 nitrogen and oxygen atoms in total. The number of carbonyl (C=O) groups is 2. The van der Waals surface area contributed by atoms with Crippen LogP contribution in [0.1, 0.15) is 26.2 Å². The fraction of sp³-hybridized carbons (Fsp3) is 0.800. The van der Waals surface area contributed by atoms with Gasteiger partial charge in [-0.25, -0.2) is 4.79 Å². The minimum atomic E-state index is -0.408. The number of esters is 1. The molecule has 0 aliphatic heterocycles. The van der Waals surface area contributed by atoms with E-state index < -0.39 is 5.97 Å². The monoisotopic (exact) mass is 214 g/mol. The molecule has 0 heterocycles. The maximum Gasteiger partial charge on any atom is 0.325 e. The molecule has 0 atom stereocenters. The zero-order valence-electron chi connectivity index (χ0n) is 9.04. The first-order valence-corrected chi connectivity index (χ1v) is 5.39. The van der Waals surface area contributed by atoms with E-state index in [9.17, 15) is 9.59 Å². The summed E-state index contributed by atoms with van der Waals surface area (Å²) < 4.78 is 4.66. The van der Waals surface area contributed by atoms with Crippen LogP contribution >= 0.6 is 0 Å². The fourth-order valence-corrected chi connectivity index (χ4v) is 1.22. The summed E-state index contributed by atoms with van der Waals surface area (Å²) in [5.74, 6) is 0.394. The van der Waals surface area contributed by atoms with Crippen LogP contribution in [-0.2, 0) is 9.53 Å². The Bertz CT molecular complexity index is 227. The van der Waals surface area contributed by atoms with Crippen LogP contribution in [0, 0.1) is 5.92 Å². The number of nitrogens with one attached hydrogen (secondary N) is 2. The molecule has 2 N–H and O–H groups in total. The number of hydrogen-bond donors (Lipinski definition) is 2. The minimum Gasteiger partial charge on any atom is -0.465 e. The van der Waals surface area contributed by atoms with Gasteiger partial charge in [0.25, 0.3) is 0 Å². The quantitative estimate of drug-likeness (QED) is 0.638. The van der Waals surface area contributed by atoms with Crippen molar-refractivity contribution in [1.82, 2.24) is 10.6 Å². The van der Waals surface area contributed by atoms with Gasteiger partial charge in [-0.2, -0.15) is 0 Å². The van der Waals surface area contributed by atoms with Crippen LogP contribution in [0.15, 0.2) is 0 Å². The van der Waals surface area contributed by atoms with Gasteiger partial charge in [-0.15, -0.1) is 0 Å². The Hall–Kier alpha value is -1.26. The summed E-state index contributed by atoms with van der Waals surface area (Å²) in [6, 6.07) is -0.302. The summed E-state index contributed by atoms with van der Waals surface area (Å²) in [5, 5.41) is 5.13. The van der Waals surface area contributed by atoms with Crippen molar-refractivity contribution in [1.29, 1.82) is 0 Å². The van der Waals surface area contributed by atoms with Crippen molar-refractivity contribution in [3.63, 3.8) is 0 Å². The van der Waals surface area contributed by atoms with Crippen molar-refractivity contribution in [2.75, 3.05) is 19.7 Å². The molecular formula is C10H18N2O3. The summed E-state index contributed by atoms with van der Waals surface area (Å²) >= 11 is 0. The molecule has 0 radical (unpaired) electrons. The largest absolute Gasteiger partial charge is 0.465 e. The molecule has 1 aliphatic rings. The number of hydrogen-bond acceptors (Lipinski definition) is 3. The van der Waals surface area contributed by atoms with Crippen LogP contribution in [0.25, 0.3) is 0 Å². The first-order chi connectivity index (χ1) is 7.22. The SMILES string of the molecule is CCOC(=O)CNC(=O)NCCC1CC1. The van der Waals surface area contributed by atoms with Gasteiger partial charge in [0.2, 0.25) is 0 Å². The highest BCUT2D eigenvalue weighted by molar-refractivity contribution is 5.80. The van der Waals surface area contributed by atoms with Gasteiger partial charge < -0.3 is 15.4 Å². The lowest BCUT2D eigenvalue weighted by molar-refractivity contribution is -0.141. The molecule has 1 rings (SSSR count). The number of amides is 2. The lowest BCUT2D eigenvalue weighted by Crippen LogP contribution is -2.39. The normalized spacial score (nSPS) is 14.5. The molecule has 0 aromatic rings. The maximum atomic E-state index is 11.1. The topological polar surface area (TPSA) is 67.4 Å². The van der Waals surface area contributed by atoms with Gasteiger partial charge in [0, 0.05) is 6.54 Å². The number of carbonyl (C=O) groups excluding carboxylic acids is 2. The third-order valence-corrected chi connectivity index (χ3v) is 2.23. The number of ether oxygens (including phenoxy) is 1. The van der Waals surface area contributed by atoms with Crippen molar-refractivity contribution < 1.29 is 14.3 Å². The molecule has 1 aliphatic carbocycles. The summed E-state index contributed by atoms with van der Waals surface area (Å²) in [4.78, 5) is 22.0. The van der Waals surface area contributed by atoms with Crippen LogP contribution in [0.3, 0.4) is 0 Å². The molecule has 0 unspecified atom stereocenters. The molecule has 0 saturated heterocycles. The van der Waals surface area contributed by atoms with Crippen LogP contribution < -0.4 is 10.6 Å². The Balaban J connectivity index is 1.94. The molecule has 1 saturated carbocycles. The summed E-state index contributed by atoms with van der Waals surface area (Å²) in [6.07, 6.45) is 3.60. The van der Waals surface area contributed by atoms with E-state index in [-0.39, 0.29) is 12.6 Å². The molecule has 2 amide bonds. The number of urea groups is 1. The molecule has 0 bridgehead atoms. The van der Waals surface area contributed by atoms with Gasteiger partial charge in [0.05, 0.1) is 6.61 Å². The zero-order valence-corrected chi connectivity index (χ0v) is 9.04. The Morgan fingerprint density at radius 2 is 2.07 bits per heavy atom. The van der Waals surface area contributed by atoms with Crippen molar-refractivity contribution >= 4 is 12.0 Å². The van der Waals surface area contributed by atoms with Gasteiger partial charge in [0.15, 0.2) is 0 Å². The van der Waals surface area contributed by atoms with Gasteiger partial charge in [-0.1, -0.05) is 12.8 Å². The van der Waals surface area contributed by atoms with E-state index in [1.54, 1.807) is 6.92 Å². The van der Waals surface area contributed by atoms with E-state index in [2.05, 4.69) is 15.4 Å². The molecule has 15 heavy (non-hydrogen) atoms. The molecular weight excluding hydrogens is 196 g/mol. The highest BCUT2D eigenvalue weighted by Crippen LogP contribution is 2.31. The predicted octanol–water partition coefficient (Wildman–Crippen LogP) is 0.649. The van der Waals surface area contributed by atoms with E-state index in [1.807, 2.05) is 0 Å². The van der Waals surface area contributed by atoms with Crippen LogP contribution in [0.5, 0.6) is 0 Å². The van der Waals surface area contributed by atoms with Crippen molar-refractivity contribution in [3.05, 3.63) is 0 Å². The Kier molecular flexibility index (Phi) is 4.93. The summed E-state index contributed by atoms with van der Waals surface area (Å²) in [5.41, 5.74) is 0. The Morgan fingerprint density at radius 1 is 1.33 bits per heavy atom. The first-order valence-electron chi connectivity index (χ1n) is 5.39. The third kappa shape index (κ3) is 5.93. The smallest absolute Gasteiger partial charge is 0.325 e. The lowest BCUT2D eigenvalue weighted by Gasteiger charge is -2.06. The molecule has 0 aromatic carbocycles. The van der Waals surface area contributed by atoms with E-state index >= 15 is 0 Å². The molecule has 0 aromatic heterocycles. The van der Waals surface area contributed by atoms with E-state index in [0.717, 1.165) is 12.3 Å². The number of rotatable bonds is 6. The van der Waals surface area contributed by atoms with Crippen molar-refractivity contribution in [2.45, 2.75) is 26.2 Å². The average molecular weight is 214 g/mol. The van der Waals surface area contributed by atoms with E-state index in [4.69, 9.17) is 0 Å². The maximum absolute atomic E-state index is 11.1. The molecule has 86 valence electrons. The summed E-state index contributed by atoms with van der Waals surface area (Å²) in [7, 11) is 0. The van der Waals surface area contributed by atoms with Crippen LogP contribution in [-0.4, -0.2) is 31.7 Å². The highest BCUT2D eigenvalue weighted by atomic mass is 16.5. The molecule has 5 heteroatoms. The van der Waals surface area contributed by atoms with Crippen LogP contribution in [0.2, 0.25) is 0 Å². The van der Waals surface area contributed by atoms with Gasteiger partial charge >= 0.3 is 12.0 Å². The first kappa shape index (κ1) is 11.8. The molecule has 0 spiro atoms. The zero-order chi connectivity index (χ0) is 11.1. The second kappa shape index (κ2) is 6.27. The third-order valence-electron chi connectivity index (χ3n) is 2.23. The fourth-order valence-electron chi connectivity index (χ4n) is 1.22. The van der Waals surface area contributed by atoms with Gasteiger partial charge in [-0.3, -0.25) is 4.79 Å². The highest BCUT2D eigenvalue weighted by Gasteiger charge is 2.20. The van der Waals surface area contributed by atoms with Crippen LogP contribution in [0.4, 0.5) is 4.79 Å². The Morgan fingerprint density at radius 3 is 2.67 bits per heavy atom.